The second-order valence-electron chi connectivity index (χ2n) is 3.52. The van der Waals surface area contributed by atoms with Crippen molar-refractivity contribution in [1.29, 1.82) is 0 Å². The molecule has 0 fully saturated rings. The van der Waals surface area contributed by atoms with Crippen molar-refractivity contribution in [3.05, 3.63) is 28.7 Å². The largest absolute Gasteiger partial charge is 0.242 e. The highest BCUT2D eigenvalue weighted by atomic mass is 79.9. The van der Waals surface area contributed by atoms with Gasteiger partial charge in [0.1, 0.15) is 0 Å². The maximum atomic E-state index is 12.1. The number of benzene rings is 1. The van der Waals surface area contributed by atoms with Gasteiger partial charge in [0.2, 0.25) is 10.0 Å². The molecule has 0 aromatic heterocycles. The van der Waals surface area contributed by atoms with E-state index >= 15 is 0 Å². The van der Waals surface area contributed by atoms with Gasteiger partial charge in [0.05, 0.1) is 4.90 Å². The highest BCUT2D eigenvalue weighted by Gasteiger charge is 2.21. The lowest BCUT2D eigenvalue weighted by atomic mass is 10.4. The molecule has 0 aliphatic carbocycles. The summed E-state index contributed by atoms with van der Waals surface area (Å²) in [4.78, 5) is 0.265. The summed E-state index contributed by atoms with van der Waals surface area (Å²) in [6.45, 7) is 2.05. The van der Waals surface area contributed by atoms with Crippen molar-refractivity contribution in [2.45, 2.75) is 17.2 Å². The van der Waals surface area contributed by atoms with Crippen LogP contribution in [0.25, 0.3) is 0 Å². The summed E-state index contributed by atoms with van der Waals surface area (Å²) in [6.07, 6.45) is 0. The van der Waals surface area contributed by atoms with Gasteiger partial charge < -0.3 is 0 Å². The van der Waals surface area contributed by atoms with Crippen LogP contribution in [0, 0.1) is 0 Å². The van der Waals surface area contributed by atoms with Crippen LogP contribution in [0.15, 0.2) is 33.6 Å². The molecule has 90 valence electrons. The van der Waals surface area contributed by atoms with E-state index in [4.69, 9.17) is 11.6 Å². The topological polar surface area (TPSA) is 37.4 Å². The minimum absolute atomic E-state index is 0.216. The molecule has 1 aromatic carbocycles. The highest BCUT2D eigenvalue weighted by Crippen LogP contribution is 2.19. The van der Waals surface area contributed by atoms with Crippen LogP contribution in [-0.2, 0) is 10.0 Å². The lowest BCUT2D eigenvalue weighted by Crippen LogP contribution is -2.31. The Hall–Kier alpha value is -0.100. The van der Waals surface area contributed by atoms with Gasteiger partial charge in [-0.2, -0.15) is 4.31 Å². The van der Waals surface area contributed by atoms with Crippen LogP contribution in [0.4, 0.5) is 0 Å². The third-order valence-electron chi connectivity index (χ3n) is 2.01. The van der Waals surface area contributed by atoms with Crippen LogP contribution in [0.3, 0.4) is 0 Å². The molecular formula is C10H13BrClNO2S. The van der Waals surface area contributed by atoms with Gasteiger partial charge in [0.25, 0.3) is 0 Å². The van der Waals surface area contributed by atoms with E-state index in [-0.39, 0.29) is 16.8 Å². The van der Waals surface area contributed by atoms with Gasteiger partial charge in [-0.05, 0) is 25.1 Å². The first-order valence-electron chi connectivity index (χ1n) is 4.70. The van der Waals surface area contributed by atoms with E-state index in [0.29, 0.717) is 0 Å². The fourth-order valence-corrected chi connectivity index (χ4v) is 3.41. The number of alkyl halides is 1. The summed E-state index contributed by atoms with van der Waals surface area (Å²) in [5.74, 6) is 0. The van der Waals surface area contributed by atoms with Crippen LogP contribution in [0.2, 0.25) is 0 Å². The predicted molar refractivity (Wildman–Crippen MR) is 69.3 cm³/mol. The van der Waals surface area contributed by atoms with Gasteiger partial charge in [-0.3, -0.25) is 0 Å². The quantitative estimate of drug-likeness (QED) is 0.798. The molecular weight excluding hydrogens is 314 g/mol. The Morgan fingerprint density at radius 1 is 1.50 bits per heavy atom. The second kappa shape index (κ2) is 5.49. The Labute approximate surface area is 110 Å². The maximum Gasteiger partial charge on any atom is 0.242 e. The predicted octanol–water partition coefficient (Wildman–Crippen LogP) is 2.70. The van der Waals surface area contributed by atoms with Gasteiger partial charge >= 0.3 is 0 Å². The molecule has 1 rings (SSSR count). The van der Waals surface area contributed by atoms with E-state index in [1.165, 1.54) is 11.4 Å². The maximum absolute atomic E-state index is 12.1. The highest BCUT2D eigenvalue weighted by molar-refractivity contribution is 9.10. The van der Waals surface area contributed by atoms with Crippen molar-refractivity contribution in [2.24, 2.45) is 0 Å². The standard InChI is InChI=1S/C10H13BrClNO2S/c1-8(12)7-13(2)16(14,15)10-5-3-4-9(11)6-10/h3-6,8H,7H2,1-2H3. The monoisotopic (exact) mass is 325 g/mol. The molecule has 0 radical (unpaired) electrons. The number of hydrogen-bond acceptors (Lipinski definition) is 2. The number of nitrogens with zero attached hydrogens (tertiary/aromatic N) is 1. The second-order valence-corrected chi connectivity index (χ2v) is 7.23. The molecule has 6 heteroatoms. The van der Waals surface area contributed by atoms with Crippen molar-refractivity contribution >= 4 is 37.6 Å². The summed E-state index contributed by atoms with van der Waals surface area (Å²) >= 11 is 9.03. The molecule has 0 aliphatic rings. The molecule has 0 saturated heterocycles. The van der Waals surface area contributed by atoms with Crippen molar-refractivity contribution in [1.82, 2.24) is 4.31 Å². The zero-order chi connectivity index (χ0) is 12.3. The van der Waals surface area contributed by atoms with E-state index in [2.05, 4.69) is 15.9 Å². The van der Waals surface area contributed by atoms with Crippen molar-refractivity contribution in [3.63, 3.8) is 0 Å². The average Bonchev–Trinajstić information content (AvgIpc) is 2.16. The molecule has 0 N–H and O–H groups in total. The first-order chi connectivity index (χ1) is 7.34. The van der Waals surface area contributed by atoms with Crippen LogP contribution < -0.4 is 0 Å². The normalized spacial score (nSPS) is 14.1. The number of halogens is 2. The molecule has 0 spiro atoms. The Morgan fingerprint density at radius 2 is 2.12 bits per heavy atom. The minimum Gasteiger partial charge on any atom is -0.207 e. The van der Waals surface area contributed by atoms with E-state index in [1.807, 2.05) is 0 Å². The zero-order valence-electron chi connectivity index (χ0n) is 9.02. The van der Waals surface area contributed by atoms with Crippen LogP contribution in [-0.4, -0.2) is 31.7 Å². The summed E-state index contributed by atoms with van der Waals surface area (Å²) in [5, 5.41) is -0.216. The molecule has 1 atom stereocenters. The fourth-order valence-electron chi connectivity index (χ4n) is 1.26. The lowest BCUT2D eigenvalue weighted by molar-refractivity contribution is 0.470. The third-order valence-corrected chi connectivity index (χ3v) is 4.46. The molecule has 0 heterocycles. The van der Waals surface area contributed by atoms with E-state index in [0.717, 1.165) is 4.47 Å². The number of rotatable bonds is 4. The van der Waals surface area contributed by atoms with Gasteiger partial charge in [-0.1, -0.05) is 22.0 Å². The number of hydrogen-bond donors (Lipinski definition) is 0. The van der Waals surface area contributed by atoms with E-state index in [1.54, 1.807) is 31.2 Å². The summed E-state index contributed by atoms with van der Waals surface area (Å²) < 4.78 is 26.1. The Morgan fingerprint density at radius 3 is 2.62 bits per heavy atom. The van der Waals surface area contributed by atoms with Gasteiger partial charge in [0, 0.05) is 23.4 Å². The van der Waals surface area contributed by atoms with Gasteiger partial charge in [-0.15, -0.1) is 11.6 Å². The Bertz CT molecular complexity index is 462. The average molecular weight is 327 g/mol. The number of sulfonamides is 1. The van der Waals surface area contributed by atoms with Crippen molar-refractivity contribution < 1.29 is 8.42 Å². The fraction of sp³-hybridized carbons (Fsp3) is 0.400. The van der Waals surface area contributed by atoms with Crippen molar-refractivity contribution in [2.75, 3.05) is 13.6 Å². The molecule has 1 aromatic rings. The van der Waals surface area contributed by atoms with Crippen LogP contribution in [0.1, 0.15) is 6.92 Å². The minimum atomic E-state index is -3.44. The van der Waals surface area contributed by atoms with Gasteiger partial charge in [0.15, 0.2) is 0 Å². The first-order valence-corrected chi connectivity index (χ1v) is 7.37. The molecule has 0 amide bonds. The molecule has 1 unspecified atom stereocenters. The van der Waals surface area contributed by atoms with Gasteiger partial charge in [-0.25, -0.2) is 8.42 Å². The van der Waals surface area contributed by atoms with E-state index in [9.17, 15) is 8.42 Å². The molecule has 16 heavy (non-hydrogen) atoms. The molecule has 0 aliphatic heterocycles. The summed E-state index contributed by atoms with van der Waals surface area (Å²) in [5.41, 5.74) is 0. The third kappa shape index (κ3) is 3.45. The SMILES string of the molecule is CC(Cl)CN(C)S(=O)(=O)c1cccc(Br)c1. The summed E-state index contributed by atoms with van der Waals surface area (Å²) in [6, 6.07) is 6.61. The Balaban J connectivity index is 3.02. The van der Waals surface area contributed by atoms with Crippen LogP contribution in [0.5, 0.6) is 0 Å². The molecule has 0 saturated carbocycles. The zero-order valence-corrected chi connectivity index (χ0v) is 12.2. The van der Waals surface area contributed by atoms with Crippen LogP contribution >= 0.6 is 27.5 Å². The smallest absolute Gasteiger partial charge is 0.207 e. The van der Waals surface area contributed by atoms with Crippen molar-refractivity contribution in [3.8, 4) is 0 Å². The molecule has 3 nitrogen and oxygen atoms in total. The Kier molecular flexibility index (Phi) is 4.79. The van der Waals surface area contributed by atoms with E-state index < -0.39 is 10.0 Å². The lowest BCUT2D eigenvalue weighted by Gasteiger charge is -2.18. The first kappa shape index (κ1) is 14.0. The summed E-state index contributed by atoms with van der Waals surface area (Å²) in [7, 11) is -1.91. The molecule has 0 bridgehead atoms.